The predicted octanol–water partition coefficient (Wildman–Crippen LogP) is 1.65. The van der Waals surface area contributed by atoms with E-state index in [-0.39, 0.29) is 24.6 Å². The van der Waals surface area contributed by atoms with Gasteiger partial charge in [0.05, 0.1) is 6.42 Å². The Hall–Kier alpha value is -4.52. The van der Waals surface area contributed by atoms with Crippen molar-refractivity contribution in [1.82, 2.24) is 14.8 Å². The van der Waals surface area contributed by atoms with Crippen LogP contribution in [0.15, 0.2) is 40.9 Å². The van der Waals surface area contributed by atoms with Crippen molar-refractivity contribution in [2.75, 3.05) is 50.5 Å². The second kappa shape index (κ2) is 10.1. The lowest BCUT2D eigenvalue weighted by molar-refractivity contribution is -0.137. The average Bonchev–Trinajstić information content (AvgIpc) is 3.35. The number of benzene rings is 2. The molecule has 2 aliphatic rings. The van der Waals surface area contributed by atoms with E-state index in [9.17, 15) is 19.2 Å². The number of nitrogens with two attached hydrogens (primary N) is 1. The summed E-state index contributed by atoms with van der Waals surface area (Å²) in [4.78, 5) is 64.2. The van der Waals surface area contributed by atoms with Crippen LogP contribution < -0.4 is 10.6 Å². The van der Waals surface area contributed by atoms with Gasteiger partial charge in [-0.3, -0.25) is 24.1 Å². The van der Waals surface area contributed by atoms with E-state index in [0.717, 1.165) is 16.0 Å². The van der Waals surface area contributed by atoms with Crippen LogP contribution >= 0.6 is 11.3 Å². The Bertz CT molecular complexity index is 1470. The molecule has 5 rings (SSSR count). The number of amides is 3. The minimum absolute atomic E-state index is 0.0833. The highest BCUT2D eigenvalue weighted by Gasteiger charge is 2.34. The monoisotopic (exact) mass is 536 g/mol. The number of nitrogen functional groups attached to an aromatic ring is 1. The number of anilines is 2. The fourth-order valence-electron chi connectivity index (χ4n) is 4.80. The van der Waals surface area contributed by atoms with Gasteiger partial charge < -0.3 is 25.5 Å². The maximum atomic E-state index is 13.2. The summed E-state index contributed by atoms with van der Waals surface area (Å²) in [5.41, 5.74) is 7.73. The van der Waals surface area contributed by atoms with Crippen LogP contribution in [0.2, 0.25) is 0 Å². The van der Waals surface area contributed by atoms with E-state index in [1.165, 1.54) is 18.4 Å². The number of carboxylic acids is 1. The van der Waals surface area contributed by atoms with E-state index >= 15 is 0 Å². The zero-order valence-electron chi connectivity index (χ0n) is 20.4. The minimum Gasteiger partial charge on any atom is -0.481 e. The van der Waals surface area contributed by atoms with Crippen molar-refractivity contribution in [2.45, 2.75) is 6.42 Å². The zero-order chi connectivity index (χ0) is 27.0. The highest BCUT2D eigenvalue weighted by molar-refractivity contribution is 7.13. The number of aliphatic carboxylic acids is 1. The number of nitrogens with zero attached hydrogens (tertiary/aromatic N) is 5. The molecule has 0 unspecified atom stereocenters. The number of carbonyl (C=O) groups is 4. The number of carboxylic acid groups (broad SMARTS) is 1. The van der Waals surface area contributed by atoms with Gasteiger partial charge in [-0.05, 0) is 18.2 Å². The van der Waals surface area contributed by atoms with E-state index in [4.69, 9.17) is 15.7 Å². The third-order valence-electron chi connectivity index (χ3n) is 6.58. The summed E-state index contributed by atoms with van der Waals surface area (Å²) in [7, 11) is 1.36. The summed E-state index contributed by atoms with van der Waals surface area (Å²) in [6, 6.07) is 8.77. The molecule has 1 aromatic heterocycles. The summed E-state index contributed by atoms with van der Waals surface area (Å²) in [6.07, 6.45) is -0.323. The van der Waals surface area contributed by atoms with E-state index in [0.29, 0.717) is 53.5 Å². The minimum atomic E-state index is -1.08. The first-order valence-corrected chi connectivity index (χ1v) is 12.7. The van der Waals surface area contributed by atoms with Gasteiger partial charge in [0.25, 0.3) is 17.7 Å². The summed E-state index contributed by atoms with van der Waals surface area (Å²) in [5, 5.41) is 16.2. The maximum Gasteiger partial charge on any atom is 0.305 e. The lowest BCUT2D eigenvalue weighted by atomic mass is 9.92. The van der Waals surface area contributed by atoms with Crippen LogP contribution in [0.4, 0.5) is 10.8 Å². The maximum absolute atomic E-state index is 13.2. The average molecular weight is 537 g/mol. The van der Waals surface area contributed by atoms with Gasteiger partial charge in [0.1, 0.15) is 12.8 Å². The quantitative estimate of drug-likeness (QED) is 0.260. The number of rotatable bonds is 7. The van der Waals surface area contributed by atoms with Crippen LogP contribution in [0.3, 0.4) is 0 Å². The number of hydrogen-bond donors (Lipinski definition) is 2. The molecule has 196 valence electrons. The van der Waals surface area contributed by atoms with Crippen LogP contribution in [-0.2, 0) is 14.4 Å². The number of carbonyl (C=O) groups excluding carboxylic acids is 3. The van der Waals surface area contributed by atoms with Crippen molar-refractivity contribution in [2.24, 2.45) is 5.16 Å². The molecule has 2 aliphatic heterocycles. The first-order valence-electron chi connectivity index (χ1n) is 11.8. The molecule has 0 spiro atoms. The van der Waals surface area contributed by atoms with Crippen LogP contribution in [0.25, 0.3) is 10.8 Å². The lowest BCUT2D eigenvalue weighted by Crippen LogP contribution is -2.51. The van der Waals surface area contributed by atoms with E-state index in [1.807, 2.05) is 12.1 Å². The van der Waals surface area contributed by atoms with Crippen LogP contribution in [0.5, 0.6) is 0 Å². The molecular formula is C25H24N6O6S. The molecule has 3 aromatic rings. The number of thiazole rings is 1. The van der Waals surface area contributed by atoms with Crippen LogP contribution in [0, 0.1) is 0 Å². The van der Waals surface area contributed by atoms with Gasteiger partial charge in [0.2, 0.25) is 0 Å². The van der Waals surface area contributed by atoms with Crippen molar-refractivity contribution in [3.05, 3.63) is 52.5 Å². The van der Waals surface area contributed by atoms with Crippen LogP contribution in [-0.4, -0.2) is 89.1 Å². The largest absolute Gasteiger partial charge is 0.481 e. The van der Waals surface area contributed by atoms with Crippen molar-refractivity contribution < 1.29 is 29.1 Å². The van der Waals surface area contributed by atoms with Crippen molar-refractivity contribution in [3.63, 3.8) is 0 Å². The highest BCUT2D eigenvalue weighted by Crippen LogP contribution is 2.36. The number of imide groups is 1. The number of piperazine rings is 1. The van der Waals surface area contributed by atoms with Crippen molar-refractivity contribution in [1.29, 1.82) is 0 Å². The van der Waals surface area contributed by atoms with Gasteiger partial charge in [-0.1, -0.05) is 17.3 Å². The van der Waals surface area contributed by atoms with Gasteiger partial charge in [0.15, 0.2) is 10.8 Å². The molecule has 0 radical (unpaired) electrons. The highest BCUT2D eigenvalue weighted by atomic mass is 32.1. The Labute approximate surface area is 220 Å². The molecular weight excluding hydrogens is 512 g/mol. The Morgan fingerprint density at radius 2 is 1.82 bits per heavy atom. The predicted molar refractivity (Wildman–Crippen MR) is 140 cm³/mol. The van der Waals surface area contributed by atoms with Gasteiger partial charge in [-0.25, -0.2) is 4.98 Å². The summed E-state index contributed by atoms with van der Waals surface area (Å²) < 4.78 is 0. The molecule has 13 heteroatoms. The molecule has 38 heavy (non-hydrogen) atoms. The first-order chi connectivity index (χ1) is 18.3. The normalized spacial score (nSPS) is 15.8. The number of aromatic nitrogens is 1. The molecule has 0 aliphatic carbocycles. The van der Waals surface area contributed by atoms with E-state index in [2.05, 4.69) is 15.0 Å². The third-order valence-corrected chi connectivity index (χ3v) is 7.25. The molecule has 12 nitrogen and oxygen atoms in total. The second-order valence-electron chi connectivity index (χ2n) is 8.74. The molecule has 0 saturated carbocycles. The van der Waals surface area contributed by atoms with Gasteiger partial charge in [-0.15, -0.1) is 11.3 Å². The topological polar surface area (TPSA) is 159 Å². The molecule has 3 amide bonds. The Morgan fingerprint density at radius 3 is 2.45 bits per heavy atom. The summed E-state index contributed by atoms with van der Waals surface area (Å²) in [6.45, 7) is 1.64. The Kier molecular flexibility index (Phi) is 6.68. The Balaban J connectivity index is 1.38. The molecule has 0 bridgehead atoms. The van der Waals surface area contributed by atoms with Gasteiger partial charge in [-0.2, -0.15) is 0 Å². The van der Waals surface area contributed by atoms with E-state index < -0.39 is 17.8 Å². The fraction of sp³-hybridized carbons (Fsp3) is 0.280. The standard InChI is InChI=1S/C25H24N6O6S/c1-37-28-21(17-13-38-25(26)27-17)24(36)30-11-9-29(10-12-30)18-6-5-16-20-14(18)3-2-4-15(20)22(34)31(23(16)35)8-7-19(32)33/h2-6,13H,7-12H2,1H3,(H2,26,27)(H,32,33)/b28-21-. The molecule has 3 N–H and O–H groups in total. The molecule has 1 fully saturated rings. The smallest absolute Gasteiger partial charge is 0.305 e. The first kappa shape index (κ1) is 25.1. The fourth-order valence-corrected chi connectivity index (χ4v) is 5.35. The van der Waals surface area contributed by atoms with Crippen molar-refractivity contribution >= 4 is 62.3 Å². The van der Waals surface area contributed by atoms with Gasteiger partial charge >= 0.3 is 5.97 Å². The number of hydrogen-bond acceptors (Lipinski definition) is 10. The van der Waals surface area contributed by atoms with Gasteiger partial charge in [0, 0.05) is 65.7 Å². The molecule has 0 atom stereocenters. The molecule has 2 aromatic carbocycles. The summed E-state index contributed by atoms with van der Waals surface area (Å²) >= 11 is 1.21. The zero-order valence-corrected chi connectivity index (χ0v) is 21.2. The van der Waals surface area contributed by atoms with Crippen molar-refractivity contribution in [3.8, 4) is 0 Å². The lowest BCUT2D eigenvalue weighted by Gasteiger charge is -2.37. The number of oxime groups is 1. The third kappa shape index (κ3) is 4.41. The second-order valence-corrected chi connectivity index (χ2v) is 9.63. The summed E-state index contributed by atoms with van der Waals surface area (Å²) in [5.74, 6) is -2.41. The Morgan fingerprint density at radius 1 is 1.11 bits per heavy atom. The SMILES string of the molecule is CO/N=C(\C(=O)N1CCN(c2ccc3c4c(cccc24)C(=O)N(CCC(=O)O)C3=O)CC1)c1csc(N)n1. The molecule has 3 heterocycles. The van der Waals surface area contributed by atoms with E-state index in [1.54, 1.807) is 28.5 Å². The molecule has 1 saturated heterocycles. The van der Waals surface area contributed by atoms with Crippen LogP contribution in [0.1, 0.15) is 32.8 Å².